The minimum Gasteiger partial charge on any atom is -0.456 e. The largest absolute Gasteiger partial charge is 0.456 e. The predicted octanol–water partition coefficient (Wildman–Crippen LogP) is 3.38. The quantitative estimate of drug-likeness (QED) is 0.799. The van der Waals surface area contributed by atoms with Crippen molar-refractivity contribution >= 4 is 28.2 Å². The van der Waals surface area contributed by atoms with Gasteiger partial charge >= 0.3 is 5.97 Å². The summed E-state index contributed by atoms with van der Waals surface area (Å²) in [6.07, 6.45) is 0.360. The molecule has 0 radical (unpaired) electrons. The Hall–Kier alpha value is -2.38. The van der Waals surface area contributed by atoms with Crippen LogP contribution in [0.1, 0.15) is 57.5 Å². The fourth-order valence-corrected chi connectivity index (χ4v) is 4.73. The van der Waals surface area contributed by atoms with Gasteiger partial charge in [0.25, 0.3) is 5.91 Å². The molecule has 7 heteroatoms. The van der Waals surface area contributed by atoms with Gasteiger partial charge in [-0.05, 0) is 38.0 Å². The van der Waals surface area contributed by atoms with Gasteiger partial charge in [0.1, 0.15) is 10.6 Å². The van der Waals surface area contributed by atoms with E-state index in [0.29, 0.717) is 36.7 Å². The molecule has 0 saturated heterocycles. The number of nitrogen functional groups attached to an aromatic ring is 1. The molecule has 1 unspecified atom stereocenters. The second kappa shape index (κ2) is 6.90. The van der Waals surface area contributed by atoms with Crippen molar-refractivity contribution in [2.45, 2.75) is 52.0 Å². The van der Waals surface area contributed by atoms with Crippen molar-refractivity contribution < 1.29 is 19.1 Å². The molecular weight excluding hydrogens is 376 g/mol. The first-order valence-corrected chi connectivity index (χ1v) is 10.2. The SMILES string of the molecule is CC(C)(C)OC(=O)c1c(N)sc2c1CC(CN1Cc3ccccc3C1=O)OC2. The minimum atomic E-state index is -0.587. The first kappa shape index (κ1) is 19.0. The predicted molar refractivity (Wildman–Crippen MR) is 107 cm³/mol. The molecule has 148 valence electrons. The zero-order valence-electron chi connectivity index (χ0n) is 16.3. The molecule has 0 aliphatic carbocycles. The fraction of sp³-hybridized carbons (Fsp3) is 0.429. The van der Waals surface area contributed by atoms with E-state index in [-0.39, 0.29) is 12.0 Å². The van der Waals surface area contributed by atoms with Crippen molar-refractivity contribution in [3.05, 3.63) is 51.4 Å². The number of ether oxygens (including phenoxy) is 2. The summed E-state index contributed by atoms with van der Waals surface area (Å²) < 4.78 is 11.5. The van der Waals surface area contributed by atoms with Crippen LogP contribution in [0.3, 0.4) is 0 Å². The van der Waals surface area contributed by atoms with Gasteiger partial charge in [-0.3, -0.25) is 4.79 Å². The first-order valence-electron chi connectivity index (χ1n) is 9.35. The molecule has 2 aliphatic heterocycles. The Kier molecular flexibility index (Phi) is 4.67. The second-order valence-corrected chi connectivity index (χ2v) is 9.36. The van der Waals surface area contributed by atoms with E-state index in [1.807, 2.05) is 49.9 Å². The normalized spacial score (nSPS) is 18.8. The van der Waals surface area contributed by atoms with Crippen LogP contribution in [0.4, 0.5) is 5.00 Å². The first-order chi connectivity index (χ1) is 13.2. The summed E-state index contributed by atoms with van der Waals surface area (Å²) in [5.74, 6) is -0.366. The van der Waals surface area contributed by atoms with Crippen molar-refractivity contribution in [1.29, 1.82) is 0 Å². The van der Waals surface area contributed by atoms with Gasteiger partial charge in [0, 0.05) is 30.0 Å². The summed E-state index contributed by atoms with van der Waals surface area (Å²) in [5, 5.41) is 0.466. The maximum absolute atomic E-state index is 12.7. The number of nitrogens with two attached hydrogens (primary N) is 1. The molecule has 1 aromatic heterocycles. The lowest BCUT2D eigenvalue weighted by atomic mass is 10.0. The van der Waals surface area contributed by atoms with Crippen molar-refractivity contribution in [3.63, 3.8) is 0 Å². The molecule has 2 aromatic rings. The van der Waals surface area contributed by atoms with Gasteiger partial charge in [-0.15, -0.1) is 11.3 Å². The van der Waals surface area contributed by atoms with Crippen LogP contribution < -0.4 is 5.73 Å². The van der Waals surface area contributed by atoms with E-state index >= 15 is 0 Å². The highest BCUT2D eigenvalue weighted by Crippen LogP contribution is 2.37. The Morgan fingerprint density at radius 1 is 1.36 bits per heavy atom. The van der Waals surface area contributed by atoms with Gasteiger partial charge in [0.05, 0.1) is 18.3 Å². The monoisotopic (exact) mass is 400 g/mol. The topological polar surface area (TPSA) is 81.9 Å². The second-order valence-electron chi connectivity index (χ2n) is 8.22. The van der Waals surface area contributed by atoms with Crippen LogP contribution in [0.2, 0.25) is 0 Å². The van der Waals surface area contributed by atoms with Crippen molar-refractivity contribution in [2.24, 2.45) is 0 Å². The van der Waals surface area contributed by atoms with Gasteiger partial charge in [-0.25, -0.2) is 4.79 Å². The molecule has 1 aromatic carbocycles. The maximum Gasteiger partial charge on any atom is 0.341 e. The van der Waals surface area contributed by atoms with Crippen LogP contribution in [0, 0.1) is 0 Å². The van der Waals surface area contributed by atoms with E-state index < -0.39 is 11.6 Å². The highest BCUT2D eigenvalue weighted by molar-refractivity contribution is 7.16. The molecule has 3 heterocycles. The maximum atomic E-state index is 12.7. The molecule has 2 N–H and O–H groups in total. The van der Waals surface area contributed by atoms with Gasteiger partial charge in [-0.1, -0.05) is 18.2 Å². The summed E-state index contributed by atoms with van der Waals surface area (Å²) in [4.78, 5) is 28.1. The van der Waals surface area contributed by atoms with Crippen LogP contribution in [0.25, 0.3) is 0 Å². The van der Waals surface area contributed by atoms with E-state index in [4.69, 9.17) is 15.2 Å². The third-order valence-electron chi connectivity index (χ3n) is 4.92. The molecule has 0 fully saturated rings. The number of esters is 1. The standard InChI is InChI=1S/C21H24N2O4S/c1-21(2,3)27-20(25)17-15-8-13(26-11-16(15)28-18(17)22)10-23-9-12-6-4-5-7-14(12)19(23)24/h4-7,13H,8-11,22H2,1-3H3. The summed E-state index contributed by atoms with van der Waals surface area (Å²) in [6, 6.07) is 7.66. The number of benzene rings is 1. The number of fused-ring (bicyclic) bond motifs is 2. The third kappa shape index (κ3) is 3.52. The Morgan fingerprint density at radius 3 is 2.82 bits per heavy atom. The van der Waals surface area contributed by atoms with Gasteiger partial charge in [0.15, 0.2) is 0 Å². The number of hydrogen-bond donors (Lipinski definition) is 1. The number of hydrogen-bond acceptors (Lipinski definition) is 6. The van der Waals surface area contributed by atoms with E-state index in [0.717, 1.165) is 21.6 Å². The number of amides is 1. The van der Waals surface area contributed by atoms with Crippen LogP contribution in [-0.4, -0.2) is 35.0 Å². The molecule has 0 spiro atoms. The Balaban J connectivity index is 1.51. The molecular formula is C21H24N2O4S. The molecule has 1 amide bonds. The zero-order valence-corrected chi connectivity index (χ0v) is 17.1. The highest BCUT2D eigenvalue weighted by Gasteiger charge is 2.34. The number of anilines is 1. The zero-order chi connectivity index (χ0) is 20.1. The van der Waals surface area contributed by atoms with Crippen molar-refractivity contribution in [1.82, 2.24) is 4.90 Å². The van der Waals surface area contributed by atoms with Gasteiger partial charge < -0.3 is 20.1 Å². The molecule has 1 atom stereocenters. The van der Waals surface area contributed by atoms with E-state index in [2.05, 4.69) is 0 Å². The number of thiophene rings is 1. The smallest absolute Gasteiger partial charge is 0.341 e. The third-order valence-corrected chi connectivity index (χ3v) is 5.96. The molecule has 2 aliphatic rings. The molecule has 4 rings (SSSR count). The Morgan fingerprint density at radius 2 is 2.11 bits per heavy atom. The lowest BCUT2D eigenvalue weighted by Crippen LogP contribution is -2.37. The molecule has 0 bridgehead atoms. The average molecular weight is 401 g/mol. The van der Waals surface area contributed by atoms with Crippen molar-refractivity contribution in [3.8, 4) is 0 Å². The Labute approximate surface area is 168 Å². The van der Waals surface area contributed by atoms with Crippen LogP contribution >= 0.6 is 11.3 Å². The summed E-state index contributed by atoms with van der Waals surface area (Å²) >= 11 is 1.38. The summed E-state index contributed by atoms with van der Waals surface area (Å²) in [7, 11) is 0. The average Bonchev–Trinajstić information content (AvgIpc) is 3.10. The number of rotatable bonds is 3. The van der Waals surface area contributed by atoms with E-state index in [9.17, 15) is 9.59 Å². The fourth-order valence-electron chi connectivity index (χ4n) is 3.72. The summed E-state index contributed by atoms with van der Waals surface area (Å²) in [5.41, 5.74) is 8.70. The van der Waals surface area contributed by atoms with Crippen LogP contribution in [0.15, 0.2) is 24.3 Å². The minimum absolute atomic E-state index is 0.0298. The van der Waals surface area contributed by atoms with Gasteiger partial charge in [-0.2, -0.15) is 0 Å². The molecule has 28 heavy (non-hydrogen) atoms. The molecule has 0 saturated carbocycles. The van der Waals surface area contributed by atoms with E-state index in [1.54, 1.807) is 0 Å². The number of carbonyl (C=O) groups is 2. The van der Waals surface area contributed by atoms with Crippen LogP contribution in [-0.2, 0) is 29.0 Å². The lowest BCUT2D eigenvalue weighted by Gasteiger charge is -2.28. The van der Waals surface area contributed by atoms with Crippen LogP contribution in [0.5, 0.6) is 0 Å². The summed E-state index contributed by atoms with van der Waals surface area (Å²) in [6.45, 7) is 6.98. The molecule has 6 nitrogen and oxygen atoms in total. The highest BCUT2D eigenvalue weighted by atomic mass is 32.1. The number of nitrogens with zero attached hydrogens (tertiary/aromatic N) is 1. The van der Waals surface area contributed by atoms with Crippen molar-refractivity contribution in [2.75, 3.05) is 12.3 Å². The van der Waals surface area contributed by atoms with E-state index in [1.165, 1.54) is 11.3 Å². The van der Waals surface area contributed by atoms with Gasteiger partial charge in [0.2, 0.25) is 0 Å². The Bertz CT molecular complexity index is 944. The number of carbonyl (C=O) groups excluding carboxylic acids is 2. The lowest BCUT2D eigenvalue weighted by molar-refractivity contribution is 0.00298.